The summed E-state index contributed by atoms with van der Waals surface area (Å²) < 4.78 is 19.5. The van der Waals surface area contributed by atoms with Crippen molar-refractivity contribution in [3.8, 4) is 5.75 Å². The standard InChI is InChI=1S/C27H31FN8O3/c28-20-3-1-4-21(13-20)36(15-25(29)38)16-26(33-34-36)32-27-23-6-5-22(14-24(23)30-18-31-27)39-12-2-9-35-10-7-19(17-37)8-11-35/h1,3-6,13-14,16,18-19,37H,2,7-12,15,17H2,(H2-,29,30,31,32,38)/p+1. The minimum Gasteiger partial charge on any atom is -0.493 e. The van der Waals surface area contributed by atoms with E-state index in [-0.39, 0.29) is 13.2 Å². The number of ether oxygens (including phenoxy) is 1. The fraction of sp³-hybridized carbons (Fsp3) is 0.370. The zero-order valence-electron chi connectivity index (χ0n) is 21.5. The van der Waals surface area contributed by atoms with Gasteiger partial charge in [0.25, 0.3) is 5.91 Å². The number of hydrogen-bond acceptors (Lipinski definition) is 9. The highest BCUT2D eigenvalue weighted by Crippen LogP contribution is 2.32. The Bertz CT molecular complexity index is 1390. The Kier molecular flexibility index (Phi) is 8.05. The van der Waals surface area contributed by atoms with Crippen LogP contribution < -0.4 is 20.4 Å². The Balaban J connectivity index is 1.24. The highest BCUT2D eigenvalue weighted by molar-refractivity contribution is 5.90. The first-order valence-corrected chi connectivity index (χ1v) is 13.0. The molecule has 2 aliphatic heterocycles. The van der Waals surface area contributed by atoms with Crippen molar-refractivity contribution in [2.75, 3.05) is 44.7 Å². The quantitative estimate of drug-likeness (QED) is 0.253. The SMILES string of the molecule is NC(=O)C[N+]1(c2cccc(F)c2)C=C(Nc2ncnc3cc(OCCCN4CCC(CO)CC4)ccc23)N=N1. The first kappa shape index (κ1) is 26.6. The number of carbonyl (C=O) groups excluding carboxylic acids is 1. The molecule has 3 heterocycles. The molecular weight excluding hydrogens is 503 g/mol. The lowest BCUT2D eigenvalue weighted by Crippen LogP contribution is -2.44. The Morgan fingerprint density at radius 1 is 1.21 bits per heavy atom. The van der Waals surface area contributed by atoms with Gasteiger partial charge in [-0.1, -0.05) is 11.2 Å². The van der Waals surface area contributed by atoms with Gasteiger partial charge in [0.1, 0.15) is 23.7 Å². The maximum atomic E-state index is 13.9. The fourth-order valence-corrected chi connectivity index (χ4v) is 4.91. The highest BCUT2D eigenvalue weighted by Gasteiger charge is 2.38. The van der Waals surface area contributed by atoms with E-state index >= 15 is 0 Å². The number of likely N-dealkylation sites (tertiary alicyclic amines) is 1. The van der Waals surface area contributed by atoms with Gasteiger partial charge in [0, 0.05) is 42.0 Å². The zero-order valence-corrected chi connectivity index (χ0v) is 21.5. The molecule has 12 heteroatoms. The van der Waals surface area contributed by atoms with Crippen molar-refractivity contribution in [1.82, 2.24) is 19.5 Å². The van der Waals surface area contributed by atoms with Crippen LogP contribution >= 0.6 is 0 Å². The van der Waals surface area contributed by atoms with Crippen LogP contribution in [0.15, 0.2) is 71.2 Å². The molecule has 0 bridgehead atoms. The summed E-state index contributed by atoms with van der Waals surface area (Å²) in [6.45, 7) is 3.67. The number of primary amides is 1. The van der Waals surface area contributed by atoms with Crippen molar-refractivity contribution < 1.29 is 19.0 Å². The summed E-state index contributed by atoms with van der Waals surface area (Å²) >= 11 is 0. The van der Waals surface area contributed by atoms with E-state index in [2.05, 4.69) is 30.5 Å². The van der Waals surface area contributed by atoms with Gasteiger partial charge in [-0.15, -0.1) is 4.59 Å². The van der Waals surface area contributed by atoms with Crippen LogP contribution in [-0.4, -0.2) is 65.3 Å². The van der Waals surface area contributed by atoms with Crippen LogP contribution in [0.1, 0.15) is 19.3 Å². The van der Waals surface area contributed by atoms with Gasteiger partial charge < -0.3 is 25.8 Å². The van der Waals surface area contributed by atoms with Crippen molar-refractivity contribution in [3.05, 3.63) is 66.6 Å². The number of amides is 1. The number of hydrogen-bond donors (Lipinski definition) is 3. The molecular formula is C27H32FN8O3+. The number of halogens is 1. The third kappa shape index (κ3) is 6.36. The molecule has 1 unspecified atom stereocenters. The predicted octanol–water partition coefficient (Wildman–Crippen LogP) is 3.33. The summed E-state index contributed by atoms with van der Waals surface area (Å²) in [5, 5.41) is 21.6. The summed E-state index contributed by atoms with van der Waals surface area (Å²) in [5.74, 6) is 0.929. The van der Waals surface area contributed by atoms with Crippen LogP contribution in [-0.2, 0) is 4.79 Å². The number of quaternary nitrogens is 1. The Hall–Kier alpha value is -4.00. The molecule has 3 aromatic rings. The third-order valence-corrected chi connectivity index (χ3v) is 7.01. The summed E-state index contributed by atoms with van der Waals surface area (Å²) in [7, 11) is 0. The number of nitrogens with two attached hydrogens (primary N) is 1. The number of aromatic nitrogens is 2. The molecule has 4 N–H and O–H groups in total. The van der Waals surface area contributed by atoms with Crippen LogP contribution in [0.4, 0.5) is 15.9 Å². The normalized spacial score (nSPS) is 19.8. The molecule has 0 saturated carbocycles. The molecule has 204 valence electrons. The van der Waals surface area contributed by atoms with Crippen LogP contribution in [0.2, 0.25) is 0 Å². The van der Waals surface area contributed by atoms with Gasteiger partial charge in [0.2, 0.25) is 5.82 Å². The van der Waals surface area contributed by atoms with Crippen molar-refractivity contribution in [3.63, 3.8) is 0 Å². The second-order valence-corrected chi connectivity index (χ2v) is 9.83. The molecule has 2 aromatic carbocycles. The largest absolute Gasteiger partial charge is 0.493 e. The number of aliphatic hydroxyl groups excluding tert-OH is 1. The molecule has 1 aromatic heterocycles. The minimum absolute atomic E-state index is 0.218. The number of nitrogens with one attached hydrogen (secondary N) is 1. The molecule has 0 spiro atoms. The lowest BCUT2D eigenvalue weighted by molar-refractivity contribution is -0.118. The molecule has 0 radical (unpaired) electrons. The fourth-order valence-electron chi connectivity index (χ4n) is 4.91. The van der Waals surface area contributed by atoms with Gasteiger partial charge in [-0.05, 0) is 56.5 Å². The lowest BCUT2D eigenvalue weighted by Gasteiger charge is -2.30. The Labute approximate surface area is 225 Å². The van der Waals surface area contributed by atoms with E-state index in [0.29, 0.717) is 41.1 Å². The molecule has 5 rings (SSSR count). The second kappa shape index (κ2) is 11.8. The lowest BCUT2D eigenvalue weighted by atomic mass is 9.98. The third-order valence-electron chi connectivity index (χ3n) is 7.01. The number of fused-ring (bicyclic) bond motifs is 1. The van der Waals surface area contributed by atoms with Crippen LogP contribution in [0.25, 0.3) is 10.9 Å². The molecule has 1 atom stereocenters. The predicted molar refractivity (Wildman–Crippen MR) is 145 cm³/mol. The number of rotatable bonds is 11. The Morgan fingerprint density at radius 3 is 2.82 bits per heavy atom. The van der Waals surface area contributed by atoms with Gasteiger partial charge in [0.05, 0.1) is 12.1 Å². The molecule has 0 aliphatic carbocycles. The summed E-state index contributed by atoms with van der Waals surface area (Å²) in [4.78, 5) is 23.0. The molecule has 39 heavy (non-hydrogen) atoms. The van der Waals surface area contributed by atoms with E-state index in [9.17, 15) is 14.3 Å². The van der Waals surface area contributed by atoms with E-state index in [4.69, 9.17) is 10.5 Å². The van der Waals surface area contributed by atoms with E-state index in [1.54, 1.807) is 18.3 Å². The van der Waals surface area contributed by atoms with Crippen LogP contribution in [0, 0.1) is 11.7 Å². The van der Waals surface area contributed by atoms with Gasteiger partial charge in [0.15, 0.2) is 18.4 Å². The number of anilines is 1. The minimum atomic E-state index is -0.609. The number of benzene rings is 2. The number of nitrogens with zero attached hydrogens (tertiary/aromatic N) is 6. The Morgan fingerprint density at radius 2 is 2.05 bits per heavy atom. The van der Waals surface area contributed by atoms with Gasteiger partial charge >= 0.3 is 0 Å². The average Bonchev–Trinajstić information content (AvgIpc) is 3.34. The molecule has 2 aliphatic rings. The molecule has 11 nitrogen and oxygen atoms in total. The van der Waals surface area contributed by atoms with Gasteiger partial charge in [-0.25, -0.2) is 14.4 Å². The average molecular weight is 536 g/mol. The van der Waals surface area contributed by atoms with Gasteiger partial charge in [-0.3, -0.25) is 4.79 Å². The van der Waals surface area contributed by atoms with Crippen molar-refractivity contribution in [2.24, 2.45) is 22.0 Å². The van der Waals surface area contributed by atoms with Crippen LogP contribution in [0.5, 0.6) is 5.75 Å². The molecule has 1 saturated heterocycles. The van der Waals surface area contributed by atoms with E-state index < -0.39 is 16.3 Å². The monoisotopic (exact) mass is 535 g/mol. The van der Waals surface area contributed by atoms with Crippen molar-refractivity contribution >= 4 is 28.3 Å². The number of aliphatic hydroxyl groups is 1. The summed E-state index contributed by atoms with van der Waals surface area (Å²) in [6.07, 6.45) is 6.04. The van der Waals surface area contributed by atoms with Crippen molar-refractivity contribution in [2.45, 2.75) is 19.3 Å². The topological polar surface area (TPSA) is 138 Å². The number of piperidine rings is 1. The van der Waals surface area contributed by atoms with E-state index in [1.807, 2.05) is 18.2 Å². The van der Waals surface area contributed by atoms with E-state index in [1.165, 1.54) is 18.5 Å². The first-order valence-electron chi connectivity index (χ1n) is 13.0. The van der Waals surface area contributed by atoms with Crippen molar-refractivity contribution in [1.29, 1.82) is 0 Å². The smallest absolute Gasteiger partial charge is 0.276 e. The molecule has 1 amide bonds. The van der Waals surface area contributed by atoms with Crippen LogP contribution in [0.3, 0.4) is 0 Å². The highest BCUT2D eigenvalue weighted by atomic mass is 19.1. The second-order valence-electron chi connectivity index (χ2n) is 9.83. The summed E-state index contributed by atoms with van der Waals surface area (Å²) in [6, 6.07) is 11.4. The van der Waals surface area contributed by atoms with Gasteiger partial charge in [-0.2, -0.15) is 0 Å². The maximum Gasteiger partial charge on any atom is 0.276 e. The maximum absolute atomic E-state index is 13.9. The zero-order chi connectivity index (χ0) is 27.2. The number of carbonyl (C=O) groups is 1. The van der Waals surface area contributed by atoms with E-state index in [0.717, 1.165) is 44.3 Å². The first-order chi connectivity index (χ1) is 18.9. The molecule has 1 fully saturated rings. The summed E-state index contributed by atoms with van der Waals surface area (Å²) in [5.41, 5.74) is 6.57.